The fraction of sp³-hybridized carbons (Fsp3) is 0.538. The lowest BCUT2D eigenvalue weighted by Crippen LogP contribution is -2.22. The molecule has 2 nitrogen and oxygen atoms in total. The number of ether oxygens (including phenoxy) is 1. The van der Waals surface area contributed by atoms with Crippen LogP contribution < -0.4 is 10.5 Å². The van der Waals surface area contributed by atoms with Crippen LogP contribution in [0.1, 0.15) is 31.4 Å². The fourth-order valence-corrected chi connectivity index (χ4v) is 1.73. The Kier molecular flexibility index (Phi) is 4.74. The van der Waals surface area contributed by atoms with Gasteiger partial charge in [-0.2, -0.15) is 0 Å². The van der Waals surface area contributed by atoms with Crippen molar-refractivity contribution in [2.24, 2.45) is 5.73 Å². The average Bonchev–Trinajstić information content (AvgIpc) is 2.23. The smallest absolute Gasteiger partial charge is 0.125 e. The molecular formula is C13H20FNO. The lowest BCUT2D eigenvalue weighted by atomic mass is 10.0. The van der Waals surface area contributed by atoms with E-state index < -0.39 is 0 Å². The van der Waals surface area contributed by atoms with Crippen LogP contribution in [0, 0.1) is 12.7 Å². The van der Waals surface area contributed by atoms with Gasteiger partial charge in [0.05, 0.1) is 6.61 Å². The van der Waals surface area contributed by atoms with Crippen LogP contribution in [0.25, 0.3) is 0 Å². The minimum atomic E-state index is -0.223. The van der Waals surface area contributed by atoms with Gasteiger partial charge < -0.3 is 10.5 Å². The summed E-state index contributed by atoms with van der Waals surface area (Å²) in [5.74, 6) is 0.562. The molecule has 0 bridgehead atoms. The molecule has 0 aliphatic carbocycles. The molecule has 0 radical (unpaired) electrons. The van der Waals surface area contributed by atoms with Gasteiger partial charge in [-0.15, -0.1) is 0 Å². The topological polar surface area (TPSA) is 35.2 Å². The minimum absolute atomic E-state index is 0.0559. The summed E-state index contributed by atoms with van der Waals surface area (Å²) in [6.45, 7) is 6.39. The molecule has 1 aromatic carbocycles. The normalized spacial score (nSPS) is 12.6. The van der Waals surface area contributed by atoms with Crippen LogP contribution in [-0.4, -0.2) is 12.6 Å². The first-order valence-corrected chi connectivity index (χ1v) is 5.75. The minimum Gasteiger partial charge on any atom is -0.493 e. The van der Waals surface area contributed by atoms with Crippen LogP contribution >= 0.6 is 0 Å². The van der Waals surface area contributed by atoms with Crippen molar-refractivity contribution in [2.45, 2.75) is 39.7 Å². The lowest BCUT2D eigenvalue weighted by Gasteiger charge is -2.16. The maximum absolute atomic E-state index is 13.3. The quantitative estimate of drug-likeness (QED) is 0.836. The van der Waals surface area contributed by atoms with Crippen molar-refractivity contribution >= 4 is 0 Å². The molecule has 2 N–H and O–H groups in total. The number of hydrogen-bond acceptors (Lipinski definition) is 2. The molecule has 16 heavy (non-hydrogen) atoms. The molecule has 1 rings (SSSR count). The Labute approximate surface area is 96.6 Å². The summed E-state index contributed by atoms with van der Waals surface area (Å²) < 4.78 is 18.9. The maximum atomic E-state index is 13.3. The summed E-state index contributed by atoms with van der Waals surface area (Å²) in [5, 5.41) is 0. The predicted molar refractivity (Wildman–Crippen MR) is 64.3 cm³/mol. The Morgan fingerprint density at radius 2 is 2.06 bits per heavy atom. The van der Waals surface area contributed by atoms with Crippen LogP contribution in [0.2, 0.25) is 0 Å². The SMILES string of the molecule is CCOc1c(C)cc(F)cc1CC(N)CC. The average molecular weight is 225 g/mol. The number of aryl methyl sites for hydroxylation is 1. The monoisotopic (exact) mass is 225 g/mol. The van der Waals surface area contributed by atoms with Gasteiger partial charge in [-0.05, 0) is 49.9 Å². The number of hydrogen-bond donors (Lipinski definition) is 1. The van der Waals surface area contributed by atoms with Crippen LogP contribution in [0.15, 0.2) is 12.1 Å². The number of halogens is 1. The van der Waals surface area contributed by atoms with E-state index in [-0.39, 0.29) is 11.9 Å². The second-order valence-electron chi connectivity index (χ2n) is 4.02. The molecule has 0 heterocycles. The van der Waals surface area contributed by atoms with Gasteiger partial charge >= 0.3 is 0 Å². The highest BCUT2D eigenvalue weighted by atomic mass is 19.1. The molecule has 0 amide bonds. The van der Waals surface area contributed by atoms with Gasteiger partial charge in [0.25, 0.3) is 0 Å². The molecule has 1 aromatic rings. The summed E-state index contributed by atoms with van der Waals surface area (Å²) in [7, 11) is 0. The van der Waals surface area contributed by atoms with Gasteiger partial charge in [0.1, 0.15) is 11.6 Å². The van der Waals surface area contributed by atoms with E-state index >= 15 is 0 Å². The molecule has 0 aliphatic heterocycles. The first kappa shape index (κ1) is 13.0. The second kappa shape index (κ2) is 5.85. The third-order valence-corrected chi connectivity index (χ3v) is 2.61. The van der Waals surface area contributed by atoms with Crippen molar-refractivity contribution in [3.63, 3.8) is 0 Å². The lowest BCUT2D eigenvalue weighted by molar-refractivity contribution is 0.332. The van der Waals surface area contributed by atoms with E-state index in [0.29, 0.717) is 13.0 Å². The van der Waals surface area contributed by atoms with Crippen LogP contribution in [0.3, 0.4) is 0 Å². The molecule has 0 saturated heterocycles. The van der Waals surface area contributed by atoms with Crippen molar-refractivity contribution in [3.05, 3.63) is 29.1 Å². The van der Waals surface area contributed by atoms with Crippen molar-refractivity contribution < 1.29 is 9.13 Å². The van der Waals surface area contributed by atoms with Gasteiger partial charge in [-0.25, -0.2) is 4.39 Å². The molecular weight excluding hydrogens is 205 g/mol. The zero-order valence-electron chi connectivity index (χ0n) is 10.2. The first-order valence-electron chi connectivity index (χ1n) is 5.75. The standard InChI is InChI=1S/C13H20FNO/c1-4-12(15)8-10-7-11(14)6-9(3)13(10)16-5-2/h6-7,12H,4-5,8,15H2,1-3H3. The molecule has 0 aliphatic rings. The van der Waals surface area contributed by atoms with Gasteiger partial charge in [-0.3, -0.25) is 0 Å². The third-order valence-electron chi connectivity index (χ3n) is 2.61. The number of nitrogens with two attached hydrogens (primary N) is 1. The number of rotatable bonds is 5. The maximum Gasteiger partial charge on any atom is 0.125 e. The van der Waals surface area contributed by atoms with Crippen molar-refractivity contribution in [2.75, 3.05) is 6.61 Å². The summed E-state index contributed by atoms with van der Waals surface area (Å²) >= 11 is 0. The van der Waals surface area contributed by atoms with Crippen LogP contribution in [0.4, 0.5) is 4.39 Å². The highest BCUT2D eigenvalue weighted by molar-refractivity contribution is 5.41. The van der Waals surface area contributed by atoms with E-state index in [1.165, 1.54) is 12.1 Å². The van der Waals surface area contributed by atoms with Crippen LogP contribution in [0.5, 0.6) is 5.75 Å². The molecule has 0 spiro atoms. The van der Waals surface area contributed by atoms with E-state index in [1.807, 2.05) is 20.8 Å². The molecule has 90 valence electrons. The fourth-order valence-electron chi connectivity index (χ4n) is 1.73. The van der Waals surface area contributed by atoms with Gasteiger partial charge in [0.2, 0.25) is 0 Å². The highest BCUT2D eigenvalue weighted by Crippen LogP contribution is 2.26. The summed E-state index contributed by atoms with van der Waals surface area (Å²) in [6.07, 6.45) is 1.53. The zero-order chi connectivity index (χ0) is 12.1. The Balaban J connectivity index is 3.03. The molecule has 1 unspecified atom stereocenters. The van der Waals surface area contributed by atoms with Gasteiger partial charge in [0.15, 0.2) is 0 Å². The van der Waals surface area contributed by atoms with Crippen molar-refractivity contribution in [3.8, 4) is 5.75 Å². The van der Waals surface area contributed by atoms with Gasteiger partial charge in [0, 0.05) is 6.04 Å². The number of benzene rings is 1. The Morgan fingerprint density at radius 3 is 2.62 bits per heavy atom. The van der Waals surface area contributed by atoms with E-state index in [9.17, 15) is 4.39 Å². The van der Waals surface area contributed by atoms with Crippen LogP contribution in [-0.2, 0) is 6.42 Å². The van der Waals surface area contributed by atoms with E-state index in [2.05, 4.69) is 0 Å². The Hall–Kier alpha value is -1.09. The van der Waals surface area contributed by atoms with Crippen molar-refractivity contribution in [1.82, 2.24) is 0 Å². The summed E-state index contributed by atoms with van der Waals surface area (Å²) in [6, 6.07) is 3.07. The second-order valence-corrected chi connectivity index (χ2v) is 4.02. The molecule has 0 aromatic heterocycles. The van der Waals surface area contributed by atoms with Gasteiger partial charge in [-0.1, -0.05) is 6.92 Å². The molecule has 1 atom stereocenters. The first-order chi connectivity index (χ1) is 7.58. The van der Waals surface area contributed by atoms with E-state index in [4.69, 9.17) is 10.5 Å². The highest BCUT2D eigenvalue weighted by Gasteiger charge is 2.12. The summed E-state index contributed by atoms with van der Waals surface area (Å²) in [4.78, 5) is 0. The summed E-state index contributed by atoms with van der Waals surface area (Å²) in [5.41, 5.74) is 7.59. The largest absolute Gasteiger partial charge is 0.493 e. The predicted octanol–water partition coefficient (Wildman–Crippen LogP) is 2.81. The molecule has 3 heteroatoms. The Bertz CT molecular complexity index is 352. The molecule has 0 saturated carbocycles. The third kappa shape index (κ3) is 3.20. The zero-order valence-corrected chi connectivity index (χ0v) is 10.2. The molecule has 0 fully saturated rings. The van der Waals surface area contributed by atoms with E-state index in [0.717, 1.165) is 23.3 Å². The Morgan fingerprint density at radius 1 is 1.38 bits per heavy atom. The van der Waals surface area contributed by atoms with Crippen molar-refractivity contribution in [1.29, 1.82) is 0 Å². The van der Waals surface area contributed by atoms with E-state index in [1.54, 1.807) is 0 Å².